The molecule has 0 bridgehead atoms. The molecule has 0 rings (SSSR count). The van der Waals surface area contributed by atoms with Gasteiger partial charge in [0.2, 0.25) is 5.91 Å². The Labute approximate surface area is 100 Å². The minimum Gasteiger partial charge on any atom is -0.353 e. The number of carbonyl (C=O) groups excluding carboxylic acids is 1. The quantitative estimate of drug-likeness (QED) is 0.731. The van der Waals surface area contributed by atoms with Crippen LogP contribution in [0, 0.1) is 0 Å². The minimum atomic E-state index is -4.20. The Morgan fingerprint density at radius 3 is 2.29 bits per heavy atom. The van der Waals surface area contributed by atoms with Crippen LogP contribution in [0.1, 0.15) is 40.0 Å². The van der Waals surface area contributed by atoms with Crippen LogP contribution in [0.15, 0.2) is 0 Å². The van der Waals surface area contributed by atoms with Crippen LogP contribution in [0.5, 0.6) is 0 Å². The van der Waals surface area contributed by atoms with E-state index in [2.05, 4.69) is 10.6 Å². The maximum Gasteiger partial charge on any atom is 0.390 e. The molecule has 0 heterocycles. The summed E-state index contributed by atoms with van der Waals surface area (Å²) in [6, 6.07) is -0.686. The zero-order valence-electron chi connectivity index (χ0n) is 10.5. The highest BCUT2D eigenvalue weighted by Crippen LogP contribution is 2.21. The molecule has 0 saturated heterocycles. The summed E-state index contributed by atoms with van der Waals surface area (Å²) in [5, 5.41) is 5.27. The van der Waals surface area contributed by atoms with E-state index in [1.807, 2.05) is 13.8 Å². The van der Waals surface area contributed by atoms with E-state index in [4.69, 9.17) is 0 Å². The molecule has 0 saturated carbocycles. The van der Waals surface area contributed by atoms with Crippen LogP contribution in [0.2, 0.25) is 0 Å². The van der Waals surface area contributed by atoms with Crippen molar-refractivity contribution in [2.75, 3.05) is 6.54 Å². The summed E-state index contributed by atoms with van der Waals surface area (Å²) in [6.07, 6.45) is -3.30. The van der Waals surface area contributed by atoms with Crippen molar-refractivity contribution < 1.29 is 18.0 Å². The summed E-state index contributed by atoms with van der Waals surface area (Å²) in [5.74, 6) is -0.264. The van der Waals surface area contributed by atoms with E-state index in [-0.39, 0.29) is 18.5 Å². The molecule has 0 radical (unpaired) electrons. The van der Waals surface area contributed by atoms with Crippen LogP contribution in [0.3, 0.4) is 0 Å². The Morgan fingerprint density at radius 1 is 1.24 bits per heavy atom. The smallest absolute Gasteiger partial charge is 0.353 e. The molecule has 0 aliphatic heterocycles. The van der Waals surface area contributed by atoms with E-state index in [9.17, 15) is 18.0 Å². The normalized spacial score (nSPS) is 15.4. The third-order valence-corrected chi connectivity index (χ3v) is 2.28. The van der Waals surface area contributed by atoms with Crippen LogP contribution in [0.25, 0.3) is 0 Å². The van der Waals surface area contributed by atoms with E-state index >= 15 is 0 Å². The van der Waals surface area contributed by atoms with Gasteiger partial charge in [-0.15, -0.1) is 0 Å². The molecule has 3 nitrogen and oxygen atoms in total. The first-order valence-corrected chi connectivity index (χ1v) is 5.84. The van der Waals surface area contributed by atoms with E-state index < -0.39 is 18.6 Å². The number of halogens is 3. The molecule has 0 spiro atoms. The lowest BCUT2D eigenvalue weighted by atomic mass is 10.2. The number of alkyl halides is 3. The van der Waals surface area contributed by atoms with Crippen LogP contribution >= 0.6 is 0 Å². The minimum absolute atomic E-state index is 0.0622. The predicted molar refractivity (Wildman–Crippen MR) is 60.6 cm³/mol. The summed E-state index contributed by atoms with van der Waals surface area (Å²) in [4.78, 5) is 11.3. The number of nitrogens with one attached hydrogen (secondary N) is 2. The van der Waals surface area contributed by atoms with Gasteiger partial charge in [-0.1, -0.05) is 13.3 Å². The van der Waals surface area contributed by atoms with Crippen molar-refractivity contribution in [3.05, 3.63) is 0 Å². The molecule has 0 aromatic heterocycles. The number of carbonyl (C=O) groups is 1. The van der Waals surface area contributed by atoms with Crippen molar-refractivity contribution in [3.63, 3.8) is 0 Å². The highest BCUT2D eigenvalue weighted by molar-refractivity contribution is 5.78. The second kappa shape index (κ2) is 7.53. The standard InChI is InChI=1S/C11H21F3N2O/c1-4-5-8(2)16-10(17)7-15-9(3)6-11(12,13)14/h8-9,15H,4-7H2,1-3H3,(H,16,17). The average molecular weight is 254 g/mol. The Balaban J connectivity index is 3.76. The lowest BCUT2D eigenvalue weighted by molar-refractivity contribution is -0.140. The molecule has 2 unspecified atom stereocenters. The van der Waals surface area contributed by atoms with E-state index in [1.165, 1.54) is 6.92 Å². The maximum absolute atomic E-state index is 12.0. The lowest BCUT2D eigenvalue weighted by Crippen LogP contribution is -2.42. The maximum atomic E-state index is 12.0. The fraction of sp³-hybridized carbons (Fsp3) is 0.909. The molecular weight excluding hydrogens is 233 g/mol. The summed E-state index contributed by atoms with van der Waals surface area (Å²) >= 11 is 0. The molecule has 2 N–H and O–H groups in total. The molecular formula is C11H21F3N2O. The van der Waals surface area contributed by atoms with Crippen molar-refractivity contribution in [2.45, 2.75) is 58.3 Å². The molecule has 17 heavy (non-hydrogen) atoms. The second-order valence-corrected chi connectivity index (χ2v) is 4.36. The van der Waals surface area contributed by atoms with Gasteiger partial charge in [0.25, 0.3) is 0 Å². The first-order valence-electron chi connectivity index (χ1n) is 5.84. The summed E-state index contributed by atoms with van der Waals surface area (Å²) in [5.41, 5.74) is 0. The number of hydrogen-bond donors (Lipinski definition) is 2. The van der Waals surface area contributed by atoms with Gasteiger partial charge in [0, 0.05) is 12.1 Å². The first kappa shape index (κ1) is 16.2. The first-order chi connectivity index (χ1) is 7.74. The molecule has 0 aromatic rings. The number of hydrogen-bond acceptors (Lipinski definition) is 2. The third-order valence-electron chi connectivity index (χ3n) is 2.28. The largest absolute Gasteiger partial charge is 0.390 e. The van der Waals surface area contributed by atoms with Crippen molar-refractivity contribution in [1.29, 1.82) is 0 Å². The Kier molecular flexibility index (Phi) is 7.18. The van der Waals surface area contributed by atoms with Gasteiger partial charge < -0.3 is 10.6 Å². The summed E-state index contributed by atoms with van der Waals surface area (Å²) in [6.45, 7) is 5.22. The molecule has 0 fully saturated rings. The van der Waals surface area contributed by atoms with Crippen molar-refractivity contribution in [3.8, 4) is 0 Å². The van der Waals surface area contributed by atoms with Crippen molar-refractivity contribution in [1.82, 2.24) is 10.6 Å². The van der Waals surface area contributed by atoms with Gasteiger partial charge in [0.15, 0.2) is 0 Å². The zero-order valence-corrected chi connectivity index (χ0v) is 10.5. The van der Waals surface area contributed by atoms with Gasteiger partial charge in [0.1, 0.15) is 0 Å². The Morgan fingerprint density at radius 2 is 1.82 bits per heavy atom. The van der Waals surface area contributed by atoms with Gasteiger partial charge in [-0.25, -0.2) is 0 Å². The molecule has 1 amide bonds. The molecule has 102 valence electrons. The fourth-order valence-electron chi connectivity index (χ4n) is 1.52. The van der Waals surface area contributed by atoms with Crippen LogP contribution in [-0.2, 0) is 4.79 Å². The molecule has 2 atom stereocenters. The highest BCUT2D eigenvalue weighted by Gasteiger charge is 2.29. The SMILES string of the molecule is CCCC(C)NC(=O)CNC(C)CC(F)(F)F. The molecule has 0 aliphatic rings. The van der Waals surface area contributed by atoms with E-state index in [0.717, 1.165) is 12.8 Å². The molecule has 6 heteroatoms. The van der Waals surface area contributed by atoms with Gasteiger partial charge >= 0.3 is 6.18 Å². The molecule has 0 aromatic carbocycles. The zero-order chi connectivity index (χ0) is 13.5. The summed E-state index contributed by atoms with van der Waals surface area (Å²) < 4.78 is 36.0. The van der Waals surface area contributed by atoms with Crippen molar-refractivity contribution in [2.24, 2.45) is 0 Å². The molecule has 0 aliphatic carbocycles. The highest BCUT2D eigenvalue weighted by atomic mass is 19.4. The number of amides is 1. The van der Waals surface area contributed by atoms with Gasteiger partial charge in [-0.3, -0.25) is 4.79 Å². The van der Waals surface area contributed by atoms with Crippen molar-refractivity contribution >= 4 is 5.91 Å². The lowest BCUT2D eigenvalue weighted by Gasteiger charge is -2.17. The third kappa shape index (κ3) is 10.1. The monoisotopic (exact) mass is 254 g/mol. The Bertz CT molecular complexity index is 231. The van der Waals surface area contributed by atoms with Crippen LogP contribution in [0.4, 0.5) is 13.2 Å². The van der Waals surface area contributed by atoms with Gasteiger partial charge in [0.05, 0.1) is 13.0 Å². The second-order valence-electron chi connectivity index (χ2n) is 4.36. The average Bonchev–Trinajstić information content (AvgIpc) is 2.12. The Hall–Kier alpha value is -0.780. The predicted octanol–water partition coefficient (Wildman–Crippen LogP) is 2.22. The van der Waals surface area contributed by atoms with Crippen LogP contribution in [-0.4, -0.2) is 30.7 Å². The topological polar surface area (TPSA) is 41.1 Å². The fourth-order valence-corrected chi connectivity index (χ4v) is 1.52. The van der Waals surface area contributed by atoms with E-state index in [0.29, 0.717) is 0 Å². The number of rotatable bonds is 7. The van der Waals surface area contributed by atoms with Gasteiger partial charge in [-0.05, 0) is 20.3 Å². The van der Waals surface area contributed by atoms with E-state index in [1.54, 1.807) is 0 Å². The summed E-state index contributed by atoms with van der Waals surface area (Å²) in [7, 11) is 0. The van der Waals surface area contributed by atoms with Gasteiger partial charge in [-0.2, -0.15) is 13.2 Å². The van der Waals surface area contributed by atoms with Crippen LogP contribution < -0.4 is 10.6 Å².